The molecule has 8 nitrogen and oxygen atoms in total. The van der Waals surface area contributed by atoms with Crippen LogP contribution in [0.15, 0.2) is 30.3 Å². The van der Waals surface area contributed by atoms with Crippen LogP contribution in [0.25, 0.3) is 0 Å². The third-order valence-electron chi connectivity index (χ3n) is 5.16. The first kappa shape index (κ1) is 17.5. The summed E-state index contributed by atoms with van der Waals surface area (Å²) < 4.78 is 7.54. The molecule has 27 heavy (non-hydrogen) atoms. The number of nitrogens with zero attached hydrogens (tertiary/aromatic N) is 5. The van der Waals surface area contributed by atoms with Crippen molar-refractivity contribution in [2.45, 2.75) is 32.4 Å². The highest BCUT2D eigenvalue weighted by Crippen LogP contribution is 2.28. The smallest absolute Gasteiger partial charge is 0.261 e. The summed E-state index contributed by atoms with van der Waals surface area (Å²) in [5.41, 5.74) is 0. The summed E-state index contributed by atoms with van der Waals surface area (Å²) in [5, 5.41) is 8.33. The van der Waals surface area contributed by atoms with E-state index >= 15 is 0 Å². The number of likely N-dealkylation sites (tertiary alicyclic amines) is 1. The maximum absolute atomic E-state index is 13.2. The van der Waals surface area contributed by atoms with E-state index in [-0.39, 0.29) is 18.4 Å². The van der Waals surface area contributed by atoms with Crippen molar-refractivity contribution < 1.29 is 14.3 Å². The van der Waals surface area contributed by atoms with Gasteiger partial charge in [0.1, 0.15) is 11.6 Å². The summed E-state index contributed by atoms with van der Waals surface area (Å²) in [5.74, 6) is 1.64. The first-order valence-electron chi connectivity index (χ1n) is 9.31. The van der Waals surface area contributed by atoms with Crippen LogP contribution in [0, 0.1) is 6.92 Å². The molecule has 142 valence electrons. The zero-order valence-electron chi connectivity index (χ0n) is 15.4. The fraction of sp³-hybridized carbons (Fsp3) is 0.474. The van der Waals surface area contributed by atoms with Crippen molar-refractivity contribution in [2.24, 2.45) is 0 Å². The van der Waals surface area contributed by atoms with E-state index in [0.717, 1.165) is 31.8 Å². The molecule has 1 aromatic heterocycles. The second-order valence-electron chi connectivity index (χ2n) is 6.88. The van der Waals surface area contributed by atoms with Crippen LogP contribution in [-0.2, 0) is 16.1 Å². The number of para-hydroxylation sites is 1. The Balaban J connectivity index is 1.56. The largest absolute Gasteiger partial charge is 0.484 e. The second kappa shape index (κ2) is 7.38. The minimum Gasteiger partial charge on any atom is -0.484 e. The van der Waals surface area contributed by atoms with E-state index in [1.165, 1.54) is 0 Å². The average Bonchev–Trinajstić information content (AvgIpc) is 3.36. The molecular formula is C19H23N5O3. The maximum atomic E-state index is 13.2. The molecule has 1 aromatic carbocycles. The monoisotopic (exact) mass is 369 g/mol. The van der Waals surface area contributed by atoms with Gasteiger partial charge in [-0.3, -0.25) is 9.59 Å². The Hall–Kier alpha value is -2.90. The van der Waals surface area contributed by atoms with Crippen molar-refractivity contribution in [3.63, 3.8) is 0 Å². The number of hydrogen-bond donors (Lipinski definition) is 0. The maximum Gasteiger partial charge on any atom is 0.261 e. The molecule has 8 heteroatoms. The van der Waals surface area contributed by atoms with Crippen molar-refractivity contribution in [1.29, 1.82) is 0 Å². The molecule has 0 aliphatic carbocycles. The fourth-order valence-electron chi connectivity index (χ4n) is 3.72. The predicted molar refractivity (Wildman–Crippen MR) is 97.0 cm³/mol. The minimum atomic E-state index is -0.732. The van der Waals surface area contributed by atoms with Gasteiger partial charge in [-0.2, -0.15) is 0 Å². The Kier molecular flexibility index (Phi) is 4.79. The van der Waals surface area contributed by atoms with Crippen LogP contribution in [0.4, 0.5) is 0 Å². The first-order valence-corrected chi connectivity index (χ1v) is 9.31. The molecule has 0 radical (unpaired) electrons. The van der Waals surface area contributed by atoms with Gasteiger partial charge in [-0.25, -0.2) is 0 Å². The molecule has 1 atom stereocenters. The molecule has 0 bridgehead atoms. The van der Waals surface area contributed by atoms with E-state index in [1.54, 1.807) is 17.0 Å². The van der Waals surface area contributed by atoms with Crippen molar-refractivity contribution >= 4 is 11.8 Å². The fourth-order valence-corrected chi connectivity index (χ4v) is 3.72. The van der Waals surface area contributed by atoms with Gasteiger partial charge in [0.25, 0.3) is 11.8 Å². The summed E-state index contributed by atoms with van der Waals surface area (Å²) in [6, 6.07) is 8.47. The summed E-state index contributed by atoms with van der Waals surface area (Å²) in [6.45, 7) is 4.23. The predicted octanol–water partition coefficient (Wildman–Crippen LogP) is 1.17. The van der Waals surface area contributed by atoms with Gasteiger partial charge in [-0.15, -0.1) is 10.2 Å². The highest BCUT2D eigenvalue weighted by molar-refractivity contribution is 5.89. The normalized spacial score (nSPS) is 19.1. The molecule has 0 spiro atoms. The molecule has 4 rings (SSSR count). The Labute approximate surface area is 157 Å². The van der Waals surface area contributed by atoms with E-state index in [9.17, 15) is 9.59 Å². The molecule has 2 amide bonds. The van der Waals surface area contributed by atoms with Crippen LogP contribution >= 0.6 is 0 Å². The van der Waals surface area contributed by atoms with Crippen LogP contribution < -0.4 is 4.74 Å². The summed E-state index contributed by atoms with van der Waals surface area (Å²) >= 11 is 0. The van der Waals surface area contributed by atoms with Gasteiger partial charge in [0.2, 0.25) is 0 Å². The van der Waals surface area contributed by atoms with Crippen LogP contribution in [-0.4, -0.2) is 62.6 Å². The number of benzene rings is 1. The van der Waals surface area contributed by atoms with Gasteiger partial charge in [0.05, 0.1) is 0 Å². The number of amides is 2. The van der Waals surface area contributed by atoms with E-state index in [4.69, 9.17) is 4.74 Å². The summed E-state index contributed by atoms with van der Waals surface area (Å²) in [7, 11) is 0. The number of aromatic nitrogens is 3. The average molecular weight is 369 g/mol. The van der Waals surface area contributed by atoms with Crippen molar-refractivity contribution in [3.8, 4) is 5.75 Å². The van der Waals surface area contributed by atoms with E-state index in [1.807, 2.05) is 34.6 Å². The molecule has 1 fully saturated rings. The molecule has 3 heterocycles. The third-order valence-corrected chi connectivity index (χ3v) is 5.16. The molecule has 1 saturated heterocycles. The lowest BCUT2D eigenvalue weighted by atomic mass is 10.1. The Morgan fingerprint density at radius 1 is 1.07 bits per heavy atom. The van der Waals surface area contributed by atoms with Crippen molar-refractivity contribution in [2.75, 3.05) is 26.2 Å². The Morgan fingerprint density at radius 3 is 2.56 bits per heavy atom. The molecule has 2 aromatic rings. The van der Waals surface area contributed by atoms with Crippen LogP contribution in [0.2, 0.25) is 0 Å². The minimum absolute atomic E-state index is 0.0751. The van der Waals surface area contributed by atoms with Gasteiger partial charge in [-0.05, 0) is 31.9 Å². The number of carbonyl (C=O) groups is 2. The number of aryl methyl sites for hydroxylation is 1. The zero-order chi connectivity index (χ0) is 18.8. The second-order valence-corrected chi connectivity index (χ2v) is 6.88. The lowest BCUT2D eigenvalue weighted by Crippen LogP contribution is -2.50. The van der Waals surface area contributed by atoms with Crippen molar-refractivity contribution in [3.05, 3.63) is 42.0 Å². The van der Waals surface area contributed by atoms with Gasteiger partial charge in [0, 0.05) is 26.2 Å². The highest BCUT2D eigenvalue weighted by atomic mass is 16.5. The third kappa shape index (κ3) is 3.39. The molecule has 2 aliphatic heterocycles. The standard InChI is InChI=1S/C19H23N5O3/c1-14-20-21-18-17(19(26)22-9-5-6-10-22)24(12-11-23(14)18)16(25)13-27-15-7-3-2-4-8-15/h2-4,7-8,17H,5-6,9-13H2,1H3. The number of ether oxygens (including phenoxy) is 1. The molecule has 0 N–H and O–H groups in total. The topological polar surface area (TPSA) is 80.6 Å². The molecule has 0 saturated carbocycles. The van der Waals surface area contributed by atoms with Gasteiger partial charge in [-0.1, -0.05) is 18.2 Å². The molecule has 1 unspecified atom stereocenters. The summed E-state index contributed by atoms with van der Waals surface area (Å²) in [6.07, 6.45) is 1.99. The number of rotatable bonds is 4. The Morgan fingerprint density at radius 2 is 1.81 bits per heavy atom. The summed E-state index contributed by atoms with van der Waals surface area (Å²) in [4.78, 5) is 29.5. The number of hydrogen-bond acceptors (Lipinski definition) is 5. The van der Waals surface area contributed by atoms with Gasteiger partial charge < -0.3 is 19.1 Å². The zero-order valence-corrected chi connectivity index (χ0v) is 15.4. The van der Waals surface area contributed by atoms with Gasteiger partial charge in [0.15, 0.2) is 18.5 Å². The number of fused-ring (bicyclic) bond motifs is 1. The SMILES string of the molecule is Cc1nnc2n1CCN(C(=O)COc1ccccc1)C2C(=O)N1CCCC1. The van der Waals surface area contributed by atoms with E-state index < -0.39 is 6.04 Å². The highest BCUT2D eigenvalue weighted by Gasteiger charge is 2.41. The van der Waals surface area contributed by atoms with Crippen molar-refractivity contribution in [1.82, 2.24) is 24.6 Å². The van der Waals surface area contributed by atoms with E-state index in [2.05, 4.69) is 10.2 Å². The first-order chi connectivity index (χ1) is 13.1. The quantitative estimate of drug-likeness (QED) is 0.808. The molecular weight excluding hydrogens is 346 g/mol. The van der Waals surface area contributed by atoms with Crippen LogP contribution in [0.5, 0.6) is 5.75 Å². The Bertz CT molecular complexity index is 829. The van der Waals surface area contributed by atoms with Crippen LogP contribution in [0.3, 0.4) is 0 Å². The lowest BCUT2D eigenvalue weighted by Gasteiger charge is -2.36. The van der Waals surface area contributed by atoms with Crippen LogP contribution in [0.1, 0.15) is 30.5 Å². The number of carbonyl (C=O) groups excluding carboxylic acids is 2. The molecule has 2 aliphatic rings. The van der Waals surface area contributed by atoms with E-state index in [0.29, 0.717) is 24.7 Å². The lowest BCUT2D eigenvalue weighted by molar-refractivity contribution is -0.148. The van der Waals surface area contributed by atoms with Gasteiger partial charge >= 0.3 is 0 Å².